The summed E-state index contributed by atoms with van der Waals surface area (Å²) in [6.07, 6.45) is 5.00. The Kier molecular flexibility index (Phi) is 3.52. The largest absolute Gasteiger partial charge is 0.495 e. The van der Waals surface area contributed by atoms with E-state index in [1.54, 1.807) is 36.0 Å². The molecule has 3 rings (SSSR count). The van der Waals surface area contributed by atoms with E-state index in [1.165, 1.54) is 16.9 Å². The SMILES string of the molecule is COc1c(C(=O)NCc2nccs2)sc2c1CCC2. The van der Waals surface area contributed by atoms with Gasteiger partial charge < -0.3 is 10.1 Å². The summed E-state index contributed by atoms with van der Waals surface area (Å²) >= 11 is 3.10. The summed E-state index contributed by atoms with van der Waals surface area (Å²) in [5, 5.41) is 5.72. The van der Waals surface area contributed by atoms with Crippen molar-refractivity contribution in [2.24, 2.45) is 0 Å². The molecule has 1 aliphatic rings. The Bertz CT molecular complexity index is 590. The monoisotopic (exact) mass is 294 g/mol. The number of aryl methyl sites for hydroxylation is 1. The topological polar surface area (TPSA) is 51.2 Å². The van der Waals surface area contributed by atoms with Gasteiger partial charge in [0, 0.05) is 22.0 Å². The van der Waals surface area contributed by atoms with Crippen molar-refractivity contribution in [3.05, 3.63) is 31.9 Å². The Morgan fingerprint density at radius 1 is 1.53 bits per heavy atom. The van der Waals surface area contributed by atoms with Crippen LogP contribution in [0.4, 0.5) is 0 Å². The molecule has 0 aliphatic heterocycles. The second-order valence-electron chi connectivity index (χ2n) is 4.33. The van der Waals surface area contributed by atoms with Gasteiger partial charge in [0.1, 0.15) is 15.6 Å². The van der Waals surface area contributed by atoms with Gasteiger partial charge in [0.2, 0.25) is 0 Å². The summed E-state index contributed by atoms with van der Waals surface area (Å²) in [6.45, 7) is 0.474. The molecule has 19 heavy (non-hydrogen) atoms. The number of hydrogen-bond donors (Lipinski definition) is 1. The van der Waals surface area contributed by atoms with Crippen molar-refractivity contribution >= 4 is 28.6 Å². The quantitative estimate of drug-likeness (QED) is 0.943. The first-order chi connectivity index (χ1) is 9.29. The lowest BCUT2D eigenvalue weighted by atomic mass is 10.2. The second-order valence-corrected chi connectivity index (χ2v) is 6.41. The number of hydrogen-bond acceptors (Lipinski definition) is 5. The Hall–Kier alpha value is -1.40. The van der Waals surface area contributed by atoms with Gasteiger partial charge in [-0.2, -0.15) is 0 Å². The van der Waals surface area contributed by atoms with Crippen LogP contribution in [-0.4, -0.2) is 18.0 Å². The van der Waals surface area contributed by atoms with Crippen molar-refractivity contribution in [2.75, 3.05) is 7.11 Å². The van der Waals surface area contributed by atoms with Gasteiger partial charge in [-0.1, -0.05) is 0 Å². The van der Waals surface area contributed by atoms with Crippen molar-refractivity contribution < 1.29 is 9.53 Å². The van der Waals surface area contributed by atoms with Crippen LogP contribution in [-0.2, 0) is 19.4 Å². The predicted octanol–water partition coefficient (Wildman–Crippen LogP) is 2.63. The van der Waals surface area contributed by atoms with Gasteiger partial charge in [-0.05, 0) is 19.3 Å². The molecule has 0 saturated carbocycles. The Morgan fingerprint density at radius 3 is 3.16 bits per heavy atom. The van der Waals surface area contributed by atoms with Crippen molar-refractivity contribution in [1.82, 2.24) is 10.3 Å². The maximum atomic E-state index is 12.2. The van der Waals surface area contributed by atoms with Gasteiger partial charge in [-0.25, -0.2) is 4.98 Å². The fourth-order valence-electron chi connectivity index (χ4n) is 2.32. The predicted molar refractivity (Wildman–Crippen MR) is 76.2 cm³/mol. The van der Waals surface area contributed by atoms with Gasteiger partial charge >= 0.3 is 0 Å². The smallest absolute Gasteiger partial charge is 0.265 e. The first-order valence-corrected chi connectivity index (χ1v) is 7.84. The number of amides is 1. The number of ether oxygens (including phenoxy) is 1. The van der Waals surface area contributed by atoms with Crippen LogP contribution in [0.15, 0.2) is 11.6 Å². The molecule has 0 spiro atoms. The normalized spacial score (nSPS) is 13.3. The highest BCUT2D eigenvalue weighted by Gasteiger charge is 2.26. The van der Waals surface area contributed by atoms with Crippen LogP contribution >= 0.6 is 22.7 Å². The van der Waals surface area contributed by atoms with Crippen LogP contribution in [0.3, 0.4) is 0 Å². The highest BCUT2D eigenvalue weighted by atomic mass is 32.1. The summed E-state index contributed by atoms with van der Waals surface area (Å²) in [7, 11) is 1.64. The van der Waals surface area contributed by atoms with Gasteiger partial charge in [0.15, 0.2) is 0 Å². The average Bonchev–Trinajstić information content (AvgIpc) is 3.11. The maximum Gasteiger partial charge on any atom is 0.265 e. The second kappa shape index (κ2) is 5.30. The molecular formula is C13H14N2O2S2. The van der Waals surface area contributed by atoms with E-state index in [4.69, 9.17) is 4.74 Å². The fraction of sp³-hybridized carbons (Fsp3) is 0.385. The average molecular weight is 294 g/mol. The third kappa shape index (κ3) is 2.37. The number of rotatable bonds is 4. The van der Waals surface area contributed by atoms with Crippen LogP contribution in [0.5, 0.6) is 5.75 Å². The zero-order valence-corrected chi connectivity index (χ0v) is 12.2. The van der Waals surface area contributed by atoms with Crippen LogP contribution in [0, 0.1) is 0 Å². The fourth-order valence-corrected chi connectivity index (χ4v) is 4.15. The van der Waals surface area contributed by atoms with Crippen molar-refractivity contribution in [3.63, 3.8) is 0 Å². The molecule has 4 nitrogen and oxygen atoms in total. The van der Waals surface area contributed by atoms with Gasteiger partial charge in [0.25, 0.3) is 5.91 Å². The molecule has 0 bridgehead atoms. The van der Waals surface area contributed by atoms with Gasteiger partial charge in [0.05, 0.1) is 13.7 Å². The van der Waals surface area contributed by atoms with E-state index in [9.17, 15) is 4.79 Å². The molecule has 0 atom stereocenters. The summed E-state index contributed by atoms with van der Waals surface area (Å²) in [4.78, 5) is 18.4. The molecule has 1 aliphatic carbocycles. The molecule has 100 valence electrons. The highest BCUT2D eigenvalue weighted by Crippen LogP contribution is 2.40. The zero-order chi connectivity index (χ0) is 13.2. The van der Waals surface area contributed by atoms with E-state index in [0.717, 1.165) is 23.6 Å². The third-order valence-corrected chi connectivity index (χ3v) is 5.22. The van der Waals surface area contributed by atoms with E-state index in [0.29, 0.717) is 11.4 Å². The van der Waals surface area contributed by atoms with Crippen molar-refractivity contribution in [3.8, 4) is 5.75 Å². The number of aromatic nitrogens is 1. The summed E-state index contributed by atoms with van der Waals surface area (Å²) in [6, 6.07) is 0. The first kappa shape index (κ1) is 12.6. The van der Waals surface area contributed by atoms with Gasteiger partial charge in [-0.3, -0.25) is 4.79 Å². The van der Waals surface area contributed by atoms with Crippen LogP contribution in [0.2, 0.25) is 0 Å². The van der Waals surface area contributed by atoms with E-state index >= 15 is 0 Å². The molecule has 1 N–H and O–H groups in total. The third-order valence-electron chi connectivity index (χ3n) is 3.17. The molecule has 0 aromatic carbocycles. The van der Waals surface area contributed by atoms with E-state index in [1.807, 2.05) is 5.38 Å². The van der Waals surface area contributed by atoms with E-state index in [-0.39, 0.29) is 5.91 Å². The lowest BCUT2D eigenvalue weighted by Gasteiger charge is -2.05. The summed E-state index contributed by atoms with van der Waals surface area (Å²) in [5.74, 6) is 0.709. The minimum absolute atomic E-state index is 0.0635. The molecule has 2 aromatic heterocycles. The lowest BCUT2D eigenvalue weighted by molar-refractivity contribution is 0.0952. The molecule has 6 heteroatoms. The number of carbonyl (C=O) groups excluding carboxylic acids is 1. The molecule has 0 radical (unpaired) electrons. The summed E-state index contributed by atoms with van der Waals surface area (Å²) < 4.78 is 5.42. The molecular weight excluding hydrogens is 280 g/mol. The van der Waals surface area contributed by atoms with E-state index < -0.39 is 0 Å². The Labute approximate surface area is 119 Å². The first-order valence-electron chi connectivity index (χ1n) is 6.14. The van der Waals surface area contributed by atoms with Crippen LogP contribution in [0.25, 0.3) is 0 Å². The Balaban J connectivity index is 1.76. The van der Waals surface area contributed by atoms with Crippen LogP contribution in [0.1, 0.15) is 31.5 Å². The number of nitrogens with one attached hydrogen (secondary N) is 1. The van der Waals surface area contributed by atoms with Gasteiger partial charge in [-0.15, -0.1) is 22.7 Å². The summed E-state index contributed by atoms with van der Waals surface area (Å²) in [5.41, 5.74) is 1.23. The van der Waals surface area contributed by atoms with E-state index in [2.05, 4.69) is 10.3 Å². The molecule has 0 unspecified atom stereocenters. The lowest BCUT2D eigenvalue weighted by Crippen LogP contribution is -2.22. The zero-order valence-electron chi connectivity index (χ0n) is 10.6. The molecule has 1 amide bonds. The molecule has 0 saturated heterocycles. The Morgan fingerprint density at radius 2 is 2.42 bits per heavy atom. The minimum atomic E-state index is -0.0635. The molecule has 0 fully saturated rings. The van der Waals surface area contributed by atoms with Crippen molar-refractivity contribution in [1.29, 1.82) is 0 Å². The minimum Gasteiger partial charge on any atom is -0.495 e. The molecule has 2 heterocycles. The number of methoxy groups -OCH3 is 1. The van der Waals surface area contributed by atoms with Crippen molar-refractivity contribution in [2.45, 2.75) is 25.8 Å². The number of nitrogens with zero attached hydrogens (tertiary/aromatic N) is 1. The number of thiazole rings is 1. The highest BCUT2D eigenvalue weighted by molar-refractivity contribution is 7.14. The number of carbonyl (C=O) groups is 1. The maximum absolute atomic E-state index is 12.2. The number of thiophene rings is 1. The number of fused-ring (bicyclic) bond motifs is 1. The standard InChI is InChI=1S/C13H14N2O2S2/c1-17-11-8-3-2-4-9(8)19-12(11)13(16)15-7-10-14-5-6-18-10/h5-6H,2-4,7H2,1H3,(H,15,16). The van der Waals surface area contributed by atoms with Crippen LogP contribution < -0.4 is 10.1 Å². The molecule has 2 aromatic rings.